The fourth-order valence-electron chi connectivity index (χ4n) is 2.33. The van der Waals surface area contributed by atoms with E-state index in [1.807, 2.05) is 0 Å². The average Bonchev–Trinajstić information content (AvgIpc) is 2.71. The molecule has 1 aliphatic rings. The molecule has 0 saturated heterocycles. The summed E-state index contributed by atoms with van der Waals surface area (Å²) in [6.07, 6.45) is 3.11. The Morgan fingerprint density at radius 1 is 1.17 bits per heavy atom. The summed E-state index contributed by atoms with van der Waals surface area (Å²) in [4.78, 5) is 29.3. The Bertz CT molecular complexity index is 929. The first-order valence-electron chi connectivity index (χ1n) is 6.40. The van der Waals surface area contributed by atoms with E-state index < -0.39 is 21.8 Å². The van der Waals surface area contributed by atoms with Crippen molar-refractivity contribution in [1.29, 1.82) is 0 Å². The van der Waals surface area contributed by atoms with Gasteiger partial charge in [0.15, 0.2) is 0 Å². The van der Waals surface area contributed by atoms with Crippen molar-refractivity contribution in [1.82, 2.24) is 9.88 Å². The number of nitrogens with two attached hydrogens (primary N) is 1. The van der Waals surface area contributed by atoms with Crippen LogP contribution in [0.4, 0.5) is 0 Å². The number of rotatable bonds is 3. The van der Waals surface area contributed by atoms with Gasteiger partial charge in [0.05, 0.1) is 22.7 Å². The number of hydrogen-bond acceptors (Lipinski definition) is 5. The Kier molecular flexibility index (Phi) is 3.67. The second kappa shape index (κ2) is 5.41. The van der Waals surface area contributed by atoms with Crippen molar-refractivity contribution in [3.63, 3.8) is 0 Å². The van der Waals surface area contributed by atoms with Crippen molar-refractivity contribution in [2.24, 2.45) is 5.14 Å². The lowest BCUT2D eigenvalue weighted by molar-refractivity contribution is 0.0642. The lowest BCUT2D eigenvalue weighted by Crippen LogP contribution is -2.29. The average molecular weight is 352 g/mol. The predicted molar refractivity (Wildman–Crippen MR) is 81.3 cm³/mol. The van der Waals surface area contributed by atoms with Crippen molar-refractivity contribution in [3.05, 3.63) is 58.4 Å². The number of hydrogen-bond donors (Lipinski definition) is 1. The van der Waals surface area contributed by atoms with Gasteiger partial charge in [-0.3, -0.25) is 19.5 Å². The lowest BCUT2D eigenvalue weighted by Gasteiger charge is -2.13. The molecule has 0 fully saturated rings. The Labute approximate surface area is 136 Å². The normalized spacial score (nSPS) is 14.3. The number of carbonyl (C=O) groups is 2. The highest BCUT2D eigenvalue weighted by Crippen LogP contribution is 2.31. The number of pyridine rings is 1. The second-order valence-electron chi connectivity index (χ2n) is 4.93. The smallest absolute Gasteiger partial charge is 0.261 e. The molecule has 7 nitrogen and oxygen atoms in total. The summed E-state index contributed by atoms with van der Waals surface area (Å²) in [6, 6.07) is 5.60. The van der Waals surface area contributed by atoms with E-state index in [4.69, 9.17) is 16.7 Å². The van der Waals surface area contributed by atoms with Crippen LogP contribution in [0.25, 0.3) is 0 Å². The SMILES string of the molecule is NS(=O)(=O)c1cc2c(cc1Cl)C(=O)N(Cc1cccnc1)C2=O. The molecule has 2 N–H and O–H groups in total. The molecule has 1 aliphatic heterocycles. The number of halogens is 1. The summed E-state index contributed by atoms with van der Waals surface area (Å²) in [5.41, 5.74) is 0.684. The second-order valence-corrected chi connectivity index (χ2v) is 6.87. The number of aromatic nitrogens is 1. The van der Waals surface area contributed by atoms with Gasteiger partial charge in [0.1, 0.15) is 4.90 Å². The van der Waals surface area contributed by atoms with E-state index >= 15 is 0 Å². The standard InChI is InChI=1S/C14H10ClN3O4S/c15-11-4-9-10(5-12(11)23(16,21)22)14(20)18(13(9)19)7-8-2-1-3-17-6-8/h1-6H,7H2,(H2,16,21,22). The molecule has 0 unspecified atom stereocenters. The zero-order valence-corrected chi connectivity index (χ0v) is 13.1. The minimum atomic E-state index is -4.10. The molecule has 0 atom stereocenters. The summed E-state index contributed by atoms with van der Waals surface area (Å²) in [7, 11) is -4.10. The molecule has 0 aliphatic carbocycles. The number of amides is 2. The molecule has 3 rings (SSSR count). The maximum absolute atomic E-state index is 12.4. The first kappa shape index (κ1) is 15.6. The third kappa shape index (κ3) is 2.72. The Balaban J connectivity index is 2.04. The van der Waals surface area contributed by atoms with Crippen LogP contribution in [0.1, 0.15) is 26.3 Å². The van der Waals surface area contributed by atoms with Crippen molar-refractivity contribution < 1.29 is 18.0 Å². The van der Waals surface area contributed by atoms with Crippen LogP contribution >= 0.6 is 11.6 Å². The van der Waals surface area contributed by atoms with Gasteiger partial charge in [-0.2, -0.15) is 0 Å². The molecule has 2 heterocycles. The zero-order valence-electron chi connectivity index (χ0n) is 11.6. The van der Waals surface area contributed by atoms with Crippen LogP contribution in [-0.2, 0) is 16.6 Å². The van der Waals surface area contributed by atoms with Gasteiger partial charge in [-0.05, 0) is 23.8 Å². The molecule has 9 heteroatoms. The molecular formula is C14H10ClN3O4S. The fourth-order valence-corrected chi connectivity index (χ4v) is 3.43. The number of sulfonamides is 1. The van der Waals surface area contributed by atoms with E-state index in [1.165, 1.54) is 6.20 Å². The fraction of sp³-hybridized carbons (Fsp3) is 0.0714. The monoisotopic (exact) mass is 351 g/mol. The molecular weight excluding hydrogens is 342 g/mol. The van der Waals surface area contributed by atoms with E-state index in [1.54, 1.807) is 18.3 Å². The topological polar surface area (TPSA) is 110 Å². The van der Waals surface area contributed by atoms with E-state index in [0.717, 1.165) is 17.0 Å². The molecule has 0 bridgehead atoms. The number of benzene rings is 1. The first-order chi connectivity index (χ1) is 10.8. The zero-order chi connectivity index (χ0) is 16.8. The van der Waals surface area contributed by atoms with Gasteiger partial charge in [-0.1, -0.05) is 17.7 Å². The third-order valence-corrected chi connectivity index (χ3v) is 4.77. The van der Waals surface area contributed by atoms with Gasteiger partial charge >= 0.3 is 0 Å². The van der Waals surface area contributed by atoms with Crippen LogP contribution in [0, 0.1) is 0 Å². The molecule has 23 heavy (non-hydrogen) atoms. The molecule has 0 spiro atoms. The summed E-state index contributed by atoms with van der Waals surface area (Å²) >= 11 is 5.86. The number of imide groups is 1. The summed E-state index contributed by atoms with van der Waals surface area (Å²) in [6.45, 7) is 0.0303. The number of fused-ring (bicyclic) bond motifs is 1. The van der Waals surface area contributed by atoms with Crippen molar-refractivity contribution in [3.8, 4) is 0 Å². The van der Waals surface area contributed by atoms with Crippen molar-refractivity contribution in [2.75, 3.05) is 0 Å². The van der Waals surface area contributed by atoms with Gasteiger partial charge in [-0.25, -0.2) is 13.6 Å². The first-order valence-corrected chi connectivity index (χ1v) is 8.33. The Morgan fingerprint density at radius 3 is 2.39 bits per heavy atom. The third-order valence-electron chi connectivity index (χ3n) is 3.39. The van der Waals surface area contributed by atoms with E-state index in [0.29, 0.717) is 5.56 Å². The van der Waals surface area contributed by atoms with Crippen LogP contribution in [0.2, 0.25) is 5.02 Å². The molecule has 1 aromatic carbocycles. The van der Waals surface area contributed by atoms with Crippen LogP contribution in [-0.4, -0.2) is 30.1 Å². The Morgan fingerprint density at radius 2 is 1.83 bits per heavy atom. The van der Waals surface area contributed by atoms with Crippen LogP contribution in [0.15, 0.2) is 41.6 Å². The Hall–Kier alpha value is -2.29. The van der Waals surface area contributed by atoms with Gasteiger partial charge in [0.2, 0.25) is 10.0 Å². The highest BCUT2D eigenvalue weighted by Gasteiger charge is 2.37. The molecule has 118 valence electrons. The van der Waals surface area contributed by atoms with Gasteiger partial charge in [0.25, 0.3) is 11.8 Å². The molecule has 2 aromatic rings. The number of nitrogens with zero attached hydrogens (tertiary/aromatic N) is 2. The maximum Gasteiger partial charge on any atom is 0.261 e. The number of primary sulfonamides is 1. The van der Waals surface area contributed by atoms with Gasteiger partial charge < -0.3 is 0 Å². The quantitative estimate of drug-likeness (QED) is 0.835. The summed E-state index contributed by atoms with van der Waals surface area (Å²) in [5.74, 6) is -1.15. The van der Waals surface area contributed by atoms with Crippen molar-refractivity contribution >= 4 is 33.4 Å². The number of carbonyl (C=O) groups excluding carboxylic acids is 2. The minimum Gasteiger partial charge on any atom is -0.270 e. The van der Waals surface area contributed by atoms with Crippen LogP contribution in [0.5, 0.6) is 0 Å². The summed E-state index contributed by atoms with van der Waals surface area (Å²) in [5, 5.41) is 4.86. The van der Waals surface area contributed by atoms with Gasteiger partial charge in [0, 0.05) is 12.4 Å². The highest BCUT2D eigenvalue weighted by molar-refractivity contribution is 7.89. The molecule has 0 radical (unpaired) electrons. The molecule has 0 saturated carbocycles. The van der Waals surface area contributed by atoms with Crippen LogP contribution < -0.4 is 5.14 Å². The summed E-state index contributed by atoms with van der Waals surface area (Å²) < 4.78 is 23.0. The van der Waals surface area contributed by atoms with E-state index in [-0.39, 0.29) is 27.6 Å². The van der Waals surface area contributed by atoms with Gasteiger partial charge in [-0.15, -0.1) is 0 Å². The largest absolute Gasteiger partial charge is 0.270 e. The predicted octanol–water partition coefficient (Wildman–Crippen LogP) is 1.18. The van der Waals surface area contributed by atoms with E-state index in [9.17, 15) is 18.0 Å². The van der Waals surface area contributed by atoms with Crippen molar-refractivity contribution in [2.45, 2.75) is 11.4 Å². The minimum absolute atomic E-state index is 0.0303. The highest BCUT2D eigenvalue weighted by atomic mass is 35.5. The molecule has 2 amide bonds. The van der Waals surface area contributed by atoms with E-state index in [2.05, 4.69) is 4.98 Å². The molecule has 1 aromatic heterocycles. The maximum atomic E-state index is 12.4. The van der Waals surface area contributed by atoms with Crippen LogP contribution in [0.3, 0.4) is 0 Å². The lowest BCUT2D eigenvalue weighted by atomic mass is 10.1.